The number of nitrogens with one attached hydrogen (secondary N) is 1. The quantitative estimate of drug-likeness (QED) is 0.449. The highest BCUT2D eigenvalue weighted by atomic mass is 32.2. The lowest BCUT2D eigenvalue weighted by atomic mass is 9.82. The molecule has 0 aliphatic carbocycles. The van der Waals surface area contributed by atoms with Gasteiger partial charge >= 0.3 is 6.18 Å². The number of aromatic nitrogens is 2. The van der Waals surface area contributed by atoms with Gasteiger partial charge in [-0.15, -0.1) is 0 Å². The highest BCUT2D eigenvalue weighted by Gasteiger charge is 2.33. The zero-order valence-corrected chi connectivity index (χ0v) is 21.8. The summed E-state index contributed by atoms with van der Waals surface area (Å²) >= 11 is 0. The fraction of sp³-hybridized carbons (Fsp3) is 0.333. The van der Waals surface area contributed by atoms with Crippen molar-refractivity contribution in [2.75, 3.05) is 23.3 Å². The van der Waals surface area contributed by atoms with Gasteiger partial charge in [0.05, 0.1) is 22.8 Å². The summed E-state index contributed by atoms with van der Waals surface area (Å²) in [4.78, 5) is 7.55. The smallest absolute Gasteiger partial charge is 0.416 e. The maximum atomic E-state index is 13.5. The standard InChI is InChI=1S/C24H26F3N3O5S2/c1-4-18(24(25,26)27)14-17(9-13-36(3,31)32)16(2)20-8-12-35-22-15-19(6-7-21(20)22)37(33,34)30-23-28-10-5-11-29-23/h4-7,10-11,14-15,20H,2,8-9,12-13H2,1,3H3,(H,28,29,30)/b17-14-,18-4+/t20-/m0/s1. The maximum absolute atomic E-state index is 13.5. The van der Waals surface area contributed by atoms with Crippen molar-refractivity contribution < 1.29 is 34.7 Å². The van der Waals surface area contributed by atoms with E-state index in [1.165, 1.54) is 43.6 Å². The van der Waals surface area contributed by atoms with Crippen LogP contribution in [0.15, 0.2) is 77.0 Å². The van der Waals surface area contributed by atoms with Crippen LogP contribution in [0.1, 0.15) is 31.2 Å². The molecule has 0 unspecified atom stereocenters. The van der Waals surface area contributed by atoms with E-state index >= 15 is 0 Å². The maximum Gasteiger partial charge on any atom is 0.416 e. The lowest BCUT2D eigenvalue weighted by Crippen LogP contribution is -2.20. The van der Waals surface area contributed by atoms with Crippen LogP contribution in [-0.4, -0.2) is 51.6 Å². The van der Waals surface area contributed by atoms with Crippen LogP contribution in [-0.2, 0) is 19.9 Å². The van der Waals surface area contributed by atoms with Crippen molar-refractivity contribution in [1.82, 2.24) is 9.97 Å². The second-order valence-corrected chi connectivity index (χ2v) is 12.3. The molecule has 0 fully saturated rings. The highest BCUT2D eigenvalue weighted by Crippen LogP contribution is 2.42. The third kappa shape index (κ3) is 7.41. The van der Waals surface area contributed by atoms with Gasteiger partial charge in [0.2, 0.25) is 5.95 Å². The largest absolute Gasteiger partial charge is 0.493 e. The van der Waals surface area contributed by atoms with E-state index in [0.717, 1.165) is 18.4 Å². The van der Waals surface area contributed by atoms with E-state index in [1.807, 2.05) is 0 Å². The predicted octanol–water partition coefficient (Wildman–Crippen LogP) is 4.57. The van der Waals surface area contributed by atoms with Crippen LogP contribution in [0.2, 0.25) is 0 Å². The molecule has 1 aliphatic heterocycles. The Labute approximate surface area is 214 Å². The minimum absolute atomic E-state index is 0.113. The van der Waals surface area contributed by atoms with Gasteiger partial charge in [0, 0.05) is 36.2 Å². The minimum atomic E-state index is -4.63. The number of sulfonamides is 1. The number of benzene rings is 1. The van der Waals surface area contributed by atoms with Crippen LogP contribution in [0.25, 0.3) is 0 Å². The number of fused-ring (bicyclic) bond motifs is 1. The van der Waals surface area contributed by atoms with Crippen LogP contribution in [0.3, 0.4) is 0 Å². The minimum Gasteiger partial charge on any atom is -0.493 e. The molecule has 0 bridgehead atoms. The van der Waals surface area contributed by atoms with Crippen LogP contribution < -0.4 is 9.46 Å². The second kappa shape index (κ2) is 11.1. The summed E-state index contributed by atoms with van der Waals surface area (Å²) in [5.41, 5.74) is 0.0713. The summed E-state index contributed by atoms with van der Waals surface area (Å²) in [6, 6.07) is 5.70. The van der Waals surface area contributed by atoms with Gasteiger partial charge in [-0.2, -0.15) is 13.2 Å². The monoisotopic (exact) mass is 557 g/mol. The highest BCUT2D eigenvalue weighted by molar-refractivity contribution is 7.92. The molecule has 0 radical (unpaired) electrons. The van der Waals surface area contributed by atoms with Gasteiger partial charge in [-0.05, 0) is 49.1 Å². The topological polar surface area (TPSA) is 115 Å². The molecular formula is C24H26F3N3O5S2. The van der Waals surface area contributed by atoms with Crippen LogP contribution in [0, 0.1) is 0 Å². The van der Waals surface area contributed by atoms with E-state index in [2.05, 4.69) is 21.3 Å². The fourth-order valence-electron chi connectivity index (χ4n) is 3.79. The number of halogens is 3. The zero-order chi connectivity index (χ0) is 27.4. The van der Waals surface area contributed by atoms with Crippen LogP contribution >= 0.6 is 0 Å². The molecule has 1 N–H and O–H groups in total. The Bertz CT molecular complexity index is 1440. The van der Waals surface area contributed by atoms with Gasteiger partial charge in [-0.1, -0.05) is 18.7 Å². The molecule has 2 heterocycles. The Morgan fingerprint density at radius 1 is 1.22 bits per heavy atom. The third-order valence-corrected chi connectivity index (χ3v) is 7.94. The fourth-order valence-corrected chi connectivity index (χ4v) is 5.35. The molecule has 0 spiro atoms. The molecule has 1 atom stereocenters. The molecule has 13 heteroatoms. The van der Waals surface area contributed by atoms with Crippen molar-refractivity contribution in [2.45, 2.75) is 36.8 Å². The van der Waals surface area contributed by atoms with E-state index < -0.39 is 37.5 Å². The third-order valence-electron chi connectivity index (χ3n) is 5.67. The lowest BCUT2D eigenvalue weighted by Gasteiger charge is -2.29. The lowest BCUT2D eigenvalue weighted by molar-refractivity contribution is -0.0883. The predicted molar refractivity (Wildman–Crippen MR) is 133 cm³/mol. The van der Waals surface area contributed by atoms with Crippen molar-refractivity contribution >= 4 is 25.8 Å². The van der Waals surface area contributed by atoms with Gasteiger partial charge in [0.1, 0.15) is 15.6 Å². The number of nitrogens with zero attached hydrogens (tertiary/aromatic N) is 2. The molecule has 0 amide bonds. The van der Waals surface area contributed by atoms with Crippen molar-refractivity contribution in [3.8, 4) is 5.75 Å². The molecule has 1 aliphatic rings. The average molecular weight is 558 g/mol. The SMILES string of the molecule is C=C(/C(=C\C(=C/C)C(F)(F)F)CCS(C)(=O)=O)[C@@H]1CCOc2cc(S(=O)(=O)Nc3ncccn3)ccc21. The normalized spacial score (nSPS) is 17.1. The molecule has 0 saturated heterocycles. The van der Waals surface area contributed by atoms with Crippen molar-refractivity contribution in [3.63, 3.8) is 0 Å². The average Bonchev–Trinajstić information content (AvgIpc) is 2.82. The molecule has 37 heavy (non-hydrogen) atoms. The molecule has 1 aromatic carbocycles. The van der Waals surface area contributed by atoms with E-state index in [-0.39, 0.29) is 40.9 Å². The molecule has 0 saturated carbocycles. The summed E-state index contributed by atoms with van der Waals surface area (Å²) in [5.74, 6) is -0.743. The van der Waals surface area contributed by atoms with Crippen LogP contribution in [0.5, 0.6) is 5.75 Å². The molecular weight excluding hydrogens is 531 g/mol. The molecule has 2 aromatic rings. The Balaban J connectivity index is 1.96. The molecule has 1 aromatic heterocycles. The summed E-state index contributed by atoms with van der Waals surface area (Å²) in [5, 5.41) is 0. The zero-order valence-electron chi connectivity index (χ0n) is 20.1. The number of rotatable bonds is 9. The van der Waals surface area contributed by atoms with Gasteiger partial charge in [-0.25, -0.2) is 31.5 Å². The molecule has 200 valence electrons. The summed E-state index contributed by atoms with van der Waals surface area (Å²) in [6.45, 7) is 5.42. The van der Waals surface area contributed by atoms with Crippen LogP contribution in [0.4, 0.5) is 19.1 Å². The van der Waals surface area contributed by atoms with Crippen molar-refractivity contribution in [2.24, 2.45) is 0 Å². The number of alkyl halides is 3. The van der Waals surface area contributed by atoms with Crippen molar-refractivity contribution in [1.29, 1.82) is 0 Å². The van der Waals surface area contributed by atoms with E-state index in [4.69, 9.17) is 4.74 Å². The number of sulfone groups is 1. The van der Waals surface area contributed by atoms with Gasteiger partial charge in [0.15, 0.2) is 0 Å². The summed E-state index contributed by atoms with van der Waals surface area (Å²) in [7, 11) is -7.51. The van der Waals surface area contributed by atoms with Gasteiger partial charge in [0.25, 0.3) is 10.0 Å². The second-order valence-electron chi connectivity index (χ2n) is 8.38. The van der Waals surface area contributed by atoms with E-state index in [9.17, 15) is 30.0 Å². The first-order valence-electron chi connectivity index (χ1n) is 11.1. The molecule has 3 rings (SSSR count). The number of hydrogen-bond donors (Lipinski definition) is 1. The van der Waals surface area contributed by atoms with Gasteiger partial charge in [-0.3, -0.25) is 0 Å². The van der Waals surface area contributed by atoms with E-state index in [0.29, 0.717) is 17.6 Å². The number of ether oxygens (including phenoxy) is 1. The van der Waals surface area contributed by atoms with E-state index in [1.54, 1.807) is 0 Å². The Hall–Kier alpha value is -3.19. The number of hydrogen-bond acceptors (Lipinski definition) is 7. The first-order chi connectivity index (χ1) is 17.2. The molecule has 8 nitrogen and oxygen atoms in total. The van der Waals surface area contributed by atoms with Crippen molar-refractivity contribution in [3.05, 3.63) is 77.7 Å². The first-order valence-corrected chi connectivity index (χ1v) is 14.6. The first kappa shape index (κ1) is 28.4. The Morgan fingerprint density at radius 2 is 1.89 bits per heavy atom. The Morgan fingerprint density at radius 3 is 2.49 bits per heavy atom. The number of anilines is 1. The van der Waals surface area contributed by atoms with Gasteiger partial charge < -0.3 is 4.74 Å². The summed E-state index contributed by atoms with van der Waals surface area (Å²) < 4.78 is 97.4. The Kier molecular flexibility index (Phi) is 8.48. The number of allylic oxidation sites excluding steroid dienone is 5. The summed E-state index contributed by atoms with van der Waals surface area (Å²) in [6.07, 6.45) is 1.17.